The summed E-state index contributed by atoms with van der Waals surface area (Å²) in [7, 11) is 0. The first-order valence-corrected chi connectivity index (χ1v) is 6.90. The van der Waals surface area contributed by atoms with Gasteiger partial charge >= 0.3 is 11.9 Å². The zero-order valence-electron chi connectivity index (χ0n) is 10.6. The second-order valence-electron chi connectivity index (χ2n) is 5.37. The maximum absolute atomic E-state index is 12.2. The Morgan fingerprint density at radius 2 is 2.21 bits per heavy atom. The fourth-order valence-corrected chi connectivity index (χ4v) is 3.57. The Morgan fingerprint density at radius 1 is 1.47 bits per heavy atom. The summed E-state index contributed by atoms with van der Waals surface area (Å²) in [4.78, 5) is 28.3. The van der Waals surface area contributed by atoms with Crippen LogP contribution in [0.3, 0.4) is 0 Å². The van der Waals surface area contributed by atoms with Gasteiger partial charge in [-0.15, -0.1) is 11.3 Å². The number of cyclic esters (lactones) is 2. The van der Waals surface area contributed by atoms with Gasteiger partial charge < -0.3 is 15.2 Å². The maximum Gasteiger partial charge on any atom is 0.324 e. The highest BCUT2D eigenvalue weighted by molar-refractivity contribution is 7.13. The van der Waals surface area contributed by atoms with Crippen LogP contribution in [-0.2, 0) is 24.7 Å². The zero-order chi connectivity index (χ0) is 13.8. The predicted molar refractivity (Wildman–Crippen MR) is 67.2 cm³/mol. The normalized spacial score (nSPS) is 37.7. The highest BCUT2D eigenvalue weighted by Crippen LogP contribution is 2.52. The van der Waals surface area contributed by atoms with Crippen LogP contribution in [0.1, 0.15) is 32.4 Å². The molecule has 0 bridgehead atoms. The topological polar surface area (TPSA) is 91.5 Å². The molecule has 102 valence electrons. The monoisotopic (exact) mass is 282 g/mol. The molecule has 1 spiro atoms. The van der Waals surface area contributed by atoms with Crippen LogP contribution in [0.25, 0.3) is 0 Å². The van der Waals surface area contributed by atoms with Gasteiger partial charge in [-0.05, 0) is 13.8 Å². The fraction of sp³-hybridized carbons (Fsp3) is 0.583. The number of ether oxygens (including phenoxy) is 2. The molecule has 0 radical (unpaired) electrons. The van der Waals surface area contributed by atoms with Crippen molar-refractivity contribution in [1.82, 2.24) is 4.98 Å². The molecule has 2 aliphatic heterocycles. The molecule has 0 amide bonds. The average Bonchev–Trinajstić information content (AvgIpc) is 2.91. The molecule has 0 unspecified atom stereocenters. The third kappa shape index (κ3) is 1.64. The summed E-state index contributed by atoms with van der Waals surface area (Å²) >= 11 is 1.28. The lowest BCUT2D eigenvalue weighted by atomic mass is 9.78. The Bertz CT molecular complexity index is 572. The third-order valence-electron chi connectivity index (χ3n) is 3.75. The number of nitrogens with zero attached hydrogens (tertiary/aromatic N) is 1. The first kappa shape index (κ1) is 12.4. The van der Waals surface area contributed by atoms with Gasteiger partial charge in [-0.1, -0.05) is 0 Å². The molecule has 3 heterocycles. The van der Waals surface area contributed by atoms with Gasteiger partial charge in [-0.3, -0.25) is 9.59 Å². The number of aromatic nitrogens is 1. The molecule has 1 aromatic rings. The van der Waals surface area contributed by atoms with E-state index in [0.29, 0.717) is 17.2 Å². The second kappa shape index (κ2) is 3.69. The van der Waals surface area contributed by atoms with Gasteiger partial charge in [-0.2, -0.15) is 0 Å². The number of hydrogen-bond donors (Lipinski definition) is 1. The smallest absolute Gasteiger partial charge is 0.324 e. The summed E-state index contributed by atoms with van der Waals surface area (Å²) in [6, 6.07) is 0. The van der Waals surface area contributed by atoms with Gasteiger partial charge in [0, 0.05) is 18.2 Å². The zero-order valence-corrected chi connectivity index (χ0v) is 11.5. The van der Waals surface area contributed by atoms with Crippen LogP contribution in [0.2, 0.25) is 0 Å². The molecular formula is C12H14N2O4S. The molecule has 3 rings (SSSR count). The van der Waals surface area contributed by atoms with E-state index >= 15 is 0 Å². The highest BCUT2D eigenvalue weighted by atomic mass is 32.1. The van der Waals surface area contributed by atoms with Crippen molar-refractivity contribution in [1.29, 1.82) is 0 Å². The Labute approximate surface area is 113 Å². The SMILES string of the molecule is C[C@H]1C[C@@]2(C[C@@](C)(c3csc(N)n3)OC2=O)C(=O)O1. The first-order valence-electron chi connectivity index (χ1n) is 6.02. The standard InChI is InChI=1S/C12H14N2O4S/c1-6-3-12(8(15)17-6)5-11(2,18-9(12)16)7-4-19-10(13)14-7/h4,6H,3,5H2,1-2H3,(H2,13,14)/t6-,11-,12+/m0/s1. The summed E-state index contributed by atoms with van der Waals surface area (Å²) in [5.74, 6) is -1.01. The van der Waals surface area contributed by atoms with Crippen LogP contribution in [0, 0.1) is 5.41 Å². The minimum atomic E-state index is -1.17. The van der Waals surface area contributed by atoms with E-state index in [9.17, 15) is 9.59 Å². The molecule has 2 N–H and O–H groups in total. The Balaban J connectivity index is 1.98. The van der Waals surface area contributed by atoms with Gasteiger partial charge in [0.15, 0.2) is 16.1 Å². The van der Waals surface area contributed by atoms with Crippen LogP contribution in [0.15, 0.2) is 5.38 Å². The summed E-state index contributed by atoms with van der Waals surface area (Å²) < 4.78 is 10.6. The summed E-state index contributed by atoms with van der Waals surface area (Å²) in [5, 5.41) is 2.17. The van der Waals surface area contributed by atoms with Crippen LogP contribution >= 0.6 is 11.3 Å². The van der Waals surface area contributed by atoms with Crippen molar-refractivity contribution in [2.75, 3.05) is 5.73 Å². The number of anilines is 1. The van der Waals surface area contributed by atoms with E-state index < -0.39 is 23.0 Å². The molecule has 2 aliphatic rings. The van der Waals surface area contributed by atoms with Crippen molar-refractivity contribution in [3.05, 3.63) is 11.1 Å². The minimum Gasteiger partial charge on any atom is -0.462 e. The predicted octanol–water partition coefficient (Wildman–Crippen LogP) is 1.21. The van der Waals surface area contributed by atoms with Gasteiger partial charge in [0.1, 0.15) is 6.10 Å². The largest absolute Gasteiger partial charge is 0.462 e. The third-order valence-corrected chi connectivity index (χ3v) is 4.42. The van der Waals surface area contributed by atoms with Crippen molar-refractivity contribution in [3.63, 3.8) is 0 Å². The molecule has 2 fully saturated rings. The number of esters is 2. The molecule has 1 aromatic heterocycles. The number of hydrogen-bond acceptors (Lipinski definition) is 7. The maximum atomic E-state index is 12.2. The number of carbonyl (C=O) groups is 2. The van der Waals surface area contributed by atoms with Crippen molar-refractivity contribution >= 4 is 28.4 Å². The van der Waals surface area contributed by atoms with E-state index in [2.05, 4.69) is 4.98 Å². The van der Waals surface area contributed by atoms with E-state index in [1.807, 2.05) is 0 Å². The molecule has 0 aromatic carbocycles. The average molecular weight is 282 g/mol. The van der Waals surface area contributed by atoms with Crippen LogP contribution in [-0.4, -0.2) is 23.0 Å². The summed E-state index contributed by atoms with van der Waals surface area (Å²) in [5.41, 5.74) is 4.12. The van der Waals surface area contributed by atoms with Crippen molar-refractivity contribution in [2.45, 2.75) is 38.4 Å². The molecule has 0 aliphatic carbocycles. The molecule has 19 heavy (non-hydrogen) atoms. The van der Waals surface area contributed by atoms with E-state index in [1.54, 1.807) is 19.2 Å². The van der Waals surface area contributed by atoms with E-state index in [-0.39, 0.29) is 12.5 Å². The Kier molecular flexibility index (Phi) is 2.41. The van der Waals surface area contributed by atoms with Crippen molar-refractivity contribution in [2.24, 2.45) is 5.41 Å². The Morgan fingerprint density at radius 3 is 2.74 bits per heavy atom. The molecule has 7 heteroatoms. The molecule has 3 atom stereocenters. The van der Waals surface area contributed by atoms with Gasteiger partial charge in [0.05, 0.1) is 5.69 Å². The van der Waals surface area contributed by atoms with Gasteiger partial charge in [-0.25, -0.2) is 4.98 Å². The van der Waals surface area contributed by atoms with E-state index in [1.165, 1.54) is 11.3 Å². The minimum absolute atomic E-state index is 0.255. The van der Waals surface area contributed by atoms with Crippen molar-refractivity contribution in [3.8, 4) is 0 Å². The summed E-state index contributed by atoms with van der Waals surface area (Å²) in [6.45, 7) is 3.53. The first-order chi connectivity index (χ1) is 8.86. The number of thiazole rings is 1. The molecule has 6 nitrogen and oxygen atoms in total. The van der Waals surface area contributed by atoms with Crippen LogP contribution in [0.5, 0.6) is 0 Å². The van der Waals surface area contributed by atoms with Gasteiger partial charge in [0.25, 0.3) is 0 Å². The molecule has 0 saturated carbocycles. The highest BCUT2D eigenvalue weighted by Gasteiger charge is 2.65. The van der Waals surface area contributed by atoms with Crippen molar-refractivity contribution < 1.29 is 19.1 Å². The van der Waals surface area contributed by atoms with Crippen LogP contribution in [0.4, 0.5) is 5.13 Å². The lowest BCUT2D eigenvalue weighted by Crippen LogP contribution is -2.31. The lowest BCUT2D eigenvalue weighted by molar-refractivity contribution is -0.160. The molecule has 2 saturated heterocycles. The quantitative estimate of drug-likeness (QED) is 0.615. The number of nitrogen functional groups attached to an aromatic ring is 1. The number of rotatable bonds is 1. The van der Waals surface area contributed by atoms with E-state index in [0.717, 1.165) is 0 Å². The van der Waals surface area contributed by atoms with Crippen LogP contribution < -0.4 is 5.73 Å². The van der Waals surface area contributed by atoms with E-state index in [4.69, 9.17) is 15.2 Å². The lowest BCUT2D eigenvalue weighted by Gasteiger charge is -2.20. The van der Waals surface area contributed by atoms with Gasteiger partial charge in [0.2, 0.25) is 0 Å². The number of carbonyl (C=O) groups excluding carboxylic acids is 2. The second-order valence-corrected chi connectivity index (χ2v) is 6.26. The number of nitrogens with two attached hydrogens (primary N) is 1. The Hall–Kier alpha value is -1.63. The molecular weight excluding hydrogens is 268 g/mol. The summed E-state index contributed by atoms with van der Waals surface area (Å²) in [6.07, 6.45) is 0.355. The fourth-order valence-electron chi connectivity index (χ4n) is 2.88.